The van der Waals surface area contributed by atoms with Crippen molar-refractivity contribution in [1.82, 2.24) is 15.5 Å². The van der Waals surface area contributed by atoms with Crippen LogP contribution in [0, 0.1) is 0 Å². The number of piperidine rings is 1. The lowest BCUT2D eigenvalue weighted by molar-refractivity contribution is -0.147. The number of likely N-dealkylation sites (tertiary alicyclic amines) is 1. The summed E-state index contributed by atoms with van der Waals surface area (Å²) in [5.74, 6) is 0.629. The lowest BCUT2D eigenvalue weighted by Gasteiger charge is -2.25. The lowest BCUT2D eigenvalue weighted by Crippen LogP contribution is -2.46. The second kappa shape index (κ2) is 9.34. The molecule has 0 aromatic carbocycles. The van der Waals surface area contributed by atoms with Crippen molar-refractivity contribution < 1.29 is 9.59 Å². The predicted octanol–water partition coefficient (Wildman–Crippen LogP) is 0.881. The molecule has 1 saturated heterocycles. The summed E-state index contributed by atoms with van der Waals surface area (Å²) in [6.07, 6.45) is 3.81. The molecule has 0 aromatic rings. The Kier molecular flexibility index (Phi) is 7.69. The van der Waals surface area contributed by atoms with Crippen LogP contribution in [0.4, 0.5) is 0 Å². The highest BCUT2D eigenvalue weighted by Crippen LogP contribution is 2.11. The summed E-state index contributed by atoms with van der Waals surface area (Å²) in [4.78, 5) is 29.1. The second-order valence-corrected chi connectivity index (χ2v) is 4.83. The first-order valence-corrected chi connectivity index (χ1v) is 7.54. The fourth-order valence-corrected chi connectivity index (χ4v) is 2.03. The van der Waals surface area contributed by atoms with Gasteiger partial charge in [0.25, 0.3) is 0 Å². The Morgan fingerprint density at radius 2 is 1.90 bits per heavy atom. The topological polar surface area (TPSA) is 73.8 Å². The molecule has 0 radical (unpaired) electrons. The number of unbranched alkanes of at least 4 members (excludes halogenated alkanes) is 1. The predicted molar refractivity (Wildman–Crippen MR) is 79.5 cm³/mol. The van der Waals surface area contributed by atoms with E-state index in [0.29, 0.717) is 32.4 Å². The third-order valence-corrected chi connectivity index (χ3v) is 3.14. The molecule has 1 rings (SSSR count). The molecule has 1 aliphatic heterocycles. The van der Waals surface area contributed by atoms with Crippen LogP contribution in [0.25, 0.3) is 0 Å². The van der Waals surface area contributed by atoms with Crippen molar-refractivity contribution in [2.24, 2.45) is 4.99 Å². The fourth-order valence-electron chi connectivity index (χ4n) is 2.03. The van der Waals surface area contributed by atoms with Gasteiger partial charge in [0.05, 0.1) is 0 Å². The van der Waals surface area contributed by atoms with E-state index in [2.05, 4.69) is 22.5 Å². The van der Waals surface area contributed by atoms with Gasteiger partial charge in [0.15, 0.2) is 5.96 Å². The van der Waals surface area contributed by atoms with Gasteiger partial charge in [-0.3, -0.25) is 19.5 Å². The number of guanidine groups is 1. The van der Waals surface area contributed by atoms with E-state index in [-0.39, 0.29) is 11.8 Å². The van der Waals surface area contributed by atoms with Crippen LogP contribution in [0.1, 0.15) is 46.0 Å². The summed E-state index contributed by atoms with van der Waals surface area (Å²) in [6, 6.07) is 0. The largest absolute Gasteiger partial charge is 0.357 e. The van der Waals surface area contributed by atoms with Crippen LogP contribution in [0.5, 0.6) is 0 Å². The molecule has 0 atom stereocenters. The van der Waals surface area contributed by atoms with Crippen molar-refractivity contribution in [2.45, 2.75) is 46.0 Å². The van der Waals surface area contributed by atoms with Crippen LogP contribution in [-0.4, -0.2) is 48.9 Å². The van der Waals surface area contributed by atoms with E-state index in [9.17, 15) is 9.59 Å². The summed E-state index contributed by atoms with van der Waals surface area (Å²) in [7, 11) is 0. The minimum atomic E-state index is -0.0593. The monoisotopic (exact) mass is 282 g/mol. The zero-order valence-electron chi connectivity index (χ0n) is 12.6. The lowest BCUT2D eigenvalue weighted by atomic mass is 10.1. The van der Waals surface area contributed by atoms with Gasteiger partial charge in [0.2, 0.25) is 11.8 Å². The van der Waals surface area contributed by atoms with Crippen molar-refractivity contribution in [3.05, 3.63) is 0 Å². The minimum absolute atomic E-state index is 0.0593. The van der Waals surface area contributed by atoms with Gasteiger partial charge in [-0.25, -0.2) is 0 Å². The van der Waals surface area contributed by atoms with E-state index < -0.39 is 0 Å². The van der Waals surface area contributed by atoms with E-state index in [1.165, 1.54) is 4.90 Å². The molecule has 0 spiro atoms. The van der Waals surface area contributed by atoms with Crippen LogP contribution < -0.4 is 10.6 Å². The molecule has 6 nitrogen and oxygen atoms in total. The van der Waals surface area contributed by atoms with Crippen LogP contribution in [0.3, 0.4) is 0 Å². The van der Waals surface area contributed by atoms with E-state index in [1.54, 1.807) is 0 Å². The number of amides is 2. The minimum Gasteiger partial charge on any atom is -0.357 e. The quantitative estimate of drug-likeness (QED) is 0.315. The maximum atomic E-state index is 11.6. The molecule has 114 valence electrons. The standard InChI is InChI=1S/C14H26N4O2/c1-3-5-9-16-14(15-4-2)17-10-11-18-12(19)7-6-8-13(18)20/h3-11H2,1-2H3,(H2,15,16,17). The molecule has 0 unspecified atom stereocenters. The molecular formula is C14H26N4O2. The number of hydrogen-bond donors (Lipinski definition) is 2. The Bertz CT molecular complexity index is 339. The number of rotatable bonds is 7. The van der Waals surface area contributed by atoms with Gasteiger partial charge < -0.3 is 10.6 Å². The molecule has 20 heavy (non-hydrogen) atoms. The highest BCUT2D eigenvalue weighted by Gasteiger charge is 2.25. The Balaban J connectivity index is 2.37. The molecular weight excluding hydrogens is 256 g/mol. The summed E-state index contributed by atoms with van der Waals surface area (Å²) in [5, 5.41) is 6.31. The van der Waals surface area contributed by atoms with Crippen LogP contribution in [-0.2, 0) is 9.59 Å². The van der Waals surface area contributed by atoms with Gasteiger partial charge in [0.1, 0.15) is 0 Å². The maximum Gasteiger partial charge on any atom is 0.229 e. The first-order chi connectivity index (χ1) is 9.69. The van der Waals surface area contributed by atoms with Gasteiger partial charge in [-0.05, 0) is 19.8 Å². The third-order valence-electron chi connectivity index (χ3n) is 3.14. The Morgan fingerprint density at radius 1 is 1.20 bits per heavy atom. The zero-order chi connectivity index (χ0) is 14.8. The summed E-state index contributed by atoms with van der Waals surface area (Å²) in [5.41, 5.74) is 0. The van der Waals surface area contributed by atoms with Crippen LogP contribution >= 0.6 is 0 Å². The van der Waals surface area contributed by atoms with Crippen molar-refractivity contribution >= 4 is 17.8 Å². The Morgan fingerprint density at radius 3 is 2.50 bits per heavy atom. The molecule has 1 heterocycles. The number of nitrogens with one attached hydrogen (secondary N) is 2. The highest BCUT2D eigenvalue weighted by atomic mass is 16.2. The van der Waals surface area contributed by atoms with Crippen molar-refractivity contribution in [3.8, 4) is 0 Å². The van der Waals surface area contributed by atoms with Crippen molar-refractivity contribution in [2.75, 3.05) is 26.2 Å². The van der Waals surface area contributed by atoms with E-state index >= 15 is 0 Å². The average molecular weight is 282 g/mol. The fraction of sp³-hybridized carbons (Fsp3) is 0.786. The maximum absolute atomic E-state index is 11.6. The van der Waals surface area contributed by atoms with Gasteiger partial charge in [-0.15, -0.1) is 0 Å². The molecule has 2 amide bonds. The van der Waals surface area contributed by atoms with E-state index in [1.807, 2.05) is 6.92 Å². The zero-order valence-corrected chi connectivity index (χ0v) is 12.6. The first kappa shape index (κ1) is 16.5. The molecule has 6 heteroatoms. The number of aliphatic imine (C=N–C) groups is 1. The number of nitrogens with zero attached hydrogens (tertiary/aromatic N) is 2. The van der Waals surface area contributed by atoms with Crippen molar-refractivity contribution in [1.29, 1.82) is 0 Å². The second-order valence-electron chi connectivity index (χ2n) is 4.83. The Hall–Kier alpha value is -1.59. The number of imide groups is 1. The van der Waals surface area contributed by atoms with Gasteiger partial charge in [0, 0.05) is 39.0 Å². The van der Waals surface area contributed by atoms with Gasteiger partial charge in [-0.2, -0.15) is 0 Å². The molecule has 1 fully saturated rings. The number of carbonyl (C=O) groups is 2. The normalized spacial score (nSPS) is 16.5. The third kappa shape index (κ3) is 5.59. The van der Waals surface area contributed by atoms with Gasteiger partial charge >= 0.3 is 0 Å². The molecule has 0 aliphatic carbocycles. The van der Waals surface area contributed by atoms with Gasteiger partial charge in [-0.1, -0.05) is 13.3 Å². The molecule has 0 aromatic heterocycles. The Labute approximate surface area is 121 Å². The summed E-state index contributed by atoms with van der Waals surface area (Å²) >= 11 is 0. The molecule has 1 aliphatic rings. The highest BCUT2D eigenvalue weighted by molar-refractivity contribution is 5.97. The molecule has 0 bridgehead atoms. The SMILES string of the molecule is CCCCN=C(NCC)NCCN1C(=O)CCCC1=O. The van der Waals surface area contributed by atoms with E-state index in [0.717, 1.165) is 31.9 Å². The number of hydrogen-bond acceptors (Lipinski definition) is 3. The summed E-state index contributed by atoms with van der Waals surface area (Å²) in [6.45, 7) is 6.66. The molecule has 0 saturated carbocycles. The van der Waals surface area contributed by atoms with Crippen LogP contribution in [0.2, 0.25) is 0 Å². The van der Waals surface area contributed by atoms with Crippen LogP contribution in [0.15, 0.2) is 4.99 Å². The van der Waals surface area contributed by atoms with Crippen molar-refractivity contribution in [3.63, 3.8) is 0 Å². The number of carbonyl (C=O) groups excluding carboxylic acids is 2. The molecule has 2 N–H and O–H groups in total. The first-order valence-electron chi connectivity index (χ1n) is 7.54. The smallest absolute Gasteiger partial charge is 0.229 e. The summed E-state index contributed by atoms with van der Waals surface area (Å²) < 4.78 is 0. The van der Waals surface area contributed by atoms with E-state index in [4.69, 9.17) is 0 Å². The average Bonchev–Trinajstić information content (AvgIpc) is 2.42.